The number of thiazole rings is 1. The monoisotopic (exact) mass is 384 g/mol. The molecular weight excluding hydrogens is 366 g/mol. The van der Waals surface area contributed by atoms with Crippen molar-refractivity contribution in [2.75, 3.05) is 27.4 Å². The lowest BCUT2D eigenvalue weighted by Gasteiger charge is -2.41. The number of ether oxygens (including phenoxy) is 3. The number of carbonyl (C=O) groups is 1. The number of nitrogens with one attached hydrogen (secondary N) is 1. The highest BCUT2D eigenvalue weighted by molar-refractivity contribution is 7.13. The molecule has 1 atom stereocenters. The largest absolute Gasteiger partial charge is 0.379 e. The summed E-state index contributed by atoms with van der Waals surface area (Å²) in [5, 5.41) is 4.30. The maximum absolute atomic E-state index is 13.9. The number of hydrogen-bond donors (Lipinski definition) is 1. The summed E-state index contributed by atoms with van der Waals surface area (Å²) in [6, 6.07) is 3.01. The van der Waals surface area contributed by atoms with Crippen molar-refractivity contribution in [3.05, 3.63) is 40.9 Å². The number of methoxy groups -OCH3 is 2. The van der Waals surface area contributed by atoms with Gasteiger partial charge in [-0.25, -0.2) is 13.8 Å². The maximum Gasteiger partial charge on any atom is 0.271 e. The molecule has 2 heterocycles. The molecule has 9 heteroatoms. The minimum atomic E-state index is -0.996. The van der Waals surface area contributed by atoms with E-state index in [-0.39, 0.29) is 22.9 Å². The molecule has 140 valence electrons. The van der Waals surface area contributed by atoms with Gasteiger partial charge in [-0.2, -0.15) is 0 Å². The van der Waals surface area contributed by atoms with Crippen LogP contribution in [0.1, 0.15) is 16.9 Å². The first-order chi connectivity index (χ1) is 12.5. The number of halogens is 2. The van der Waals surface area contributed by atoms with Crippen LogP contribution in [0.3, 0.4) is 0 Å². The predicted octanol–water partition coefficient (Wildman–Crippen LogP) is 2.60. The smallest absolute Gasteiger partial charge is 0.271 e. The Hall–Kier alpha value is -1.94. The summed E-state index contributed by atoms with van der Waals surface area (Å²) in [5.74, 6) is -2.96. The van der Waals surface area contributed by atoms with Crippen molar-refractivity contribution in [2.45, 2.75) is 18.2 Å². The predicted molar refractivity (Wildman–Crippen MR) is 90.9 cm³/mol. The second-order valence-corrected chi connectivity index (χ2v) is 6.56. The second-order valence-electron chi connectivity index (χ2n) is 5.71. The van der Waals surface area contributed by atoms with E-state index in [0.29, 0.717) is 13.0 Å². The van der Waals surface area contributed by atoms with E-state index >= 15 is 0 Å². The van der Waals surface area contributed by atoms with Gasteiger partial charge in [-0.15, -0.1) is 11.3 Å². The summed E-state index contributed by atoms with van der Waals surface area (Å²) in [6.07, 6.45) is 0.452. The van der Waals surface area contributed by atoms with Crippen LogP contribution in [-0.2, 0) is 14.2 Å². The molecule has 1 unspecified atom stereocenters. The summed E-state index contributed by atoms with van der Waals surface area (Å²) in [4.78, 5) is 16.6. The quantitative estimate of drug-likeness (QED) is 0.803. The molecule has 1 amide bonds. The lowest BCUT2D eigenvalue weighted by atomic mass is 10.0. The lowest BCUT2D eigenvalue weighted by Crippen LogP contribution is -2.60. The van der Waals surface area contributed by atoms with E-state index in [9.17, 15) is 13.6 Å². The van der Waals surface area contributed by atoms with Crippen molar-refractivity contribution in [1.82, 2.24) is 10.3 Å². The van der Waals surface area contributed by atoms with Crippen molar-refractivity contribution in [3.8, 4) is 10.6 Å². The van der Waals surface area contributed by atoms with E-state index < -0.39 is 29.4 Å². The molecule has 6 nitrogen and oxygen atoms in total. The van der Waals surface area contributed by atoms with Gasteiger partial charge in [-0.05, 0) is 12.1 Å². The first-order valence-corrected chi connectivity index (χ1v) is 8.77. The minimum absolute atomic E-state index is 0.0549. The molecule has 2 aromatic rings. The van der Waals surface area contributed by atoms with Crippen molar-refractivity contribution >= 4 is 17.2 Å². The molecule has 0 saturated carbocycles. The molecule has 1 aliphatic heterocycles. The van der Waals surface area contributed by atoms with Gasteiger partial charge in [0.15, 0.2) is 5.79 Å². The molecule has 0 aliphatic carbocycles. The second kappa shape index (κ2) is 7.75. The van der Waals surface area contributed by atoms with Gasteiger partial charge in [0.05, 0.1) is 18.8 Å². The molecule has 26 heavy (non-hydrogen) atoms. The van der Waals surface area contributed by atoms with Crippen molar-refractivity contribution in [3.63, 3.8) is 0 Å². The molecule has 1 fully saturated rings. The number of benzene rings is 1. The molecule has 0 spiro atoms. The summed E-state index contributed by atoms with van der Waals surface area (Å²) in [7, 11) is 2.99. The summed E-state index contributed by atoms with van der Waals surface area (Å²) in [6.45, 7) is 0.661. The average molecular weight is 384 g/mol. The Morgan fingerprint density at radius 3 is 2.69 bits per heavy atom. The molecule has 1 saturated heterocycles. The average Bonchev–Trinajstić information content (AvgIpc) is 3.12. The molecule has 3 rings (SSSR count). The Morgan fingerprint density at radius 2 is 2.04 bits per heavy atom. The zero-order valence-electron chi connectivity index (χ0n) is 14.3. The summed E-state index contributed by atoms with van der Waals surface area (Å²) < 4.78 is 44.1. The van der Waals surface area contributed by atoms with Gasteiger partial charge >= 0.3 is 0 Å². The highest BCUT2D eigenvalue weighted by Crippen LogP contribution is 2.30. The molecule has 1 aromatic heterocycles. The van der Waals surface area contributed by atoms with Gasteiger partial charge < -0.3 is 19.5 Å². The van der Waals surface area contributed by atoms with Gasteiger partial charge in [-0.3, -0.25) is 4.79 Å². The van der Waals surface area contributed by atoms with Crippen molar-refractivity contribution in [2.24, 2.45) is 0 Å². The highest BCUT2D eigenvalue weighted by atomic mass is 32.1. The zero-order chi connectivity index (χ0) is 18.7. The van der Waals surface area contributed by atoms with Crippen LogP contribution in [0, 0.1) is 11.6 Å². The number of amides is 1. The fraction of sp³-hybridized carbons (Fsp3) is 0.412. The highest BCUT2D eigenvalue weighted by Gasteiger charge is 2.43. The van der Waals surface area contributed by atoms with Gasteiger partial charge in [0, 0.05) is 26.0 Å². The third-order valence-electron chi connectivity index (χ3n) is 4.32. The molecule has 1 aromatic carbocycles. The van der Waals surface area contributed by atoms with E-state index in [1.54, 1.807) is 0 Å². The Bertz CT molecular complexity index is 775. The van der Waals surface area contributed by atoms with Crippen LogP contribution in [0.4, 0.5) is 8.78 Å². The number of hydrogen-bond acceptors (Lipinski definition) is 6. The zero-order valence-corrected chi connectivity index (χ0v) is 15.1. The fourth-order valence-electron chi connectivity index (χ4n) is 2.87. The topological polar surface area (TPSA) is 69.7 Å². The number of nitrogens with zero attached hydrogens (tertiary/aromatic N) is 1. The minimum Gasteiger partial charge on any atom is -0.379 e. The van der Waals surface area contributed by atoms with Gasteiger partial charge in [0.2, 0.25) is 0 Å². The lowest BCUT2D eigenvalue weighted by molar-refractivity contribution is -0.256. The summed E-state index contributed by atoms with van der Waals surface area (Å²) in [5.41, 5.74) is -0.194. The first-order valence-electron chi connectivity index (χ1n) is 7.89. The standard InChI is InChI=1S/C17H18F2N2O4S/c1-23-17(24-2)6-7-25-8-13(17)21-15(22)12-9-26-16(20-12)14-10(18)4-3-5-11(14)19/h3-5,9,13H,6-8H2,1-2H3,(H,21,22). The Labute approximate surface area is 153 Å². The third-order valence-corrected chi connectivity index (χ3v) is 5.18. The Morgan fingerprint density at radius 1 is 1.35 bits per heavy atom. The molecule has 0 bridgehead atoms. The number of carbonyl (C=O) groups excluding carboxylic acids is 1. The number of rotatable bonds is 5. The van der Waals surface area contributed by atoms with Crippen LogP contribution in [-0.4, -0.2) is 50.2 Å². The van der Waals surface area contributed by atoms with Crippen LogP contribution in [0.5, 0.6) is 0 Å². The Kier molecular flexibility index (Phi) is 5.61. The summed E-state index contributed by atoms with van der Waals surface area (Å²) >= 11 is 0.987. The van der Waals surface area contributed by atoms with Gasteiger partial charge in [-0.1, -0.05) is 6.07 Å². The SMILES string of the molecule is COC1(OC)CCOCC1NC(=O)c1csc(-c2c(F)cccc2F)n1. The fourth-order valence-corrected chi connectivity index (χ4v) is 3.71. The van der Waals surface area contributed by atoms with Crippen LogP contribution < -0.4 is 5.32 Å². The molecule has 0 radical (unpaired) electrons. The first kappa shape index (κ1) is 18.8. The van der Waals surface area contributed by atoms with E-state index in [0.717, 1.165) is 23.5 Å². The maximum atomic E-state index is 13.9. The molecular formula is C17H18F2N2O4S. The third kappa shape index (κ3) is 3.48. The van der Waals surface area contributed by atoms with E-state index in [2.05, 4.69) is 10.3 Å². The number of aromatic nitrogens is 1. The van der Waals surface area contributed by atoms with Crippen molar-refractivity contribution in [1.29, 1.82) is 0 Å². The normalized spacial score (nSPS) is 19.3. The molecule has 1 N–H and O–H groups in total. The van der Waals surface area contributed by atoms with E-state index in [1.807, 2.05) is 0 Å². The van der Waals surface area contributed by atoms with Gasteiger partial charge in [0.1, 0.15) is 28.4 Å². The Balaban J connectivity index is 1.80. The van der Waals surface area contributed by atoms with Gasteiger partial charge in [0.25, 0.3) is 5.91 Å². The van der Waals surface area contributed by atoms with E-state index in [4.69, 9.17) is 14.2 Å². The van der Waals surface area contributed by atoms with Crippen LogP contribution in [0.15, 0.2) is 23.6 Å². The van der Waals surface area contributed by atoms with Crippen LogP contribution in [0.2, 0.25) is 0 Å². The van der Waals surface area contributed by atoms with Crippen LogP contribution >= 0.6 is 11.3 Å². The molecule has 1 aliphatic rings. The van der Waals surface area contributed by atoms with Crippen LogP contribution in [0.25, 0.3) is 10.6 Å². The van der Waals surface area contributed by atoms with Crippen molar-refractivity contribution < 1.29 is 27.8 Å². The van der Waals surface area contributed by atoms with E-state index in [1.165, 1.54) is 25.7 Å².